The van der Waals surface area contributed by atoms with Crippen LogP contribution in [0.5, 0.6) is 0 Å². The number of carbonyl (C=O) groups excluding carboxylic acids is 1. The molecule has 0 bridgehead atoms. The Hall–Kier alpha value is -1.94. The highest BCUT2D eigenvalue weighted by molar-refractivity contribution is 6.31. The van der Waals surface area contributed by atoms with Crippen molar-refractivity contribution in [1.29, 1.82) is 0 Å². The maximum absolute atomic E-state index is 13.8. The second-order valence-electron chi connectivity index (χ2n) is 4.05. The summed E-state index contributed by atoms with van der Waals surface area (Å²) in [6.07, 6.45) is 0. The molecular weight excluding hydrogens is 272 g/mol. The minimum absolute atomic E-state index is 0.0969. The lowest BCUT2D eigenvalue weighted by atomic mass is 10.1. The molecule has 0 aromatic heterocycles. The summed E-state index contributed by atoms with van der Waals surface area (Å²) >= 11 is 5.67. The van der Waals surface area contributed by atoms with E-state index in [1.807, 2.05) is 0 Å². The van der Waals surface area contributed by atoms with Crippen molar-refractivity contribution in [3.63, 3.8) is 0 Å². The first-order valence-corrected chi connectivity index (χ1v) is 5.88. The first-order chi connectivity index (χ1) is 8.97. The van der Waals surface area contributed by atoms with E-state index in [9.17, 15) is 13.6 Å². The molecule has 0 fully saturated rings. The van der Waals surface area contributed by atoms with Crippen molar-refractivity contribution in [3.8, 4) is 0 Å². The Morgan fingerprint density at radius 3 is 2.63 bits per heavy atom. The average molecular weight is 282 g/mol. The van der Waals surface area contributed by atoms with Gasteiger partial charge in [0, 0.05) is 10.7 Å². The first kappa shape index (κ1) is 13.5. The van der Waals surface area contributed by atoms with Crippen molar-refractivity contribution >= 4 is 23.2 Å². The van der Waals surface area contributed by atoms with E-state index in [2.05, 4.69) is 5.32 Å². The van der Waals surface area contributed by atoms with Gasteiger partial charge < -0.3 is 5.32 Å². The van der Waals surface area contributed by atoms with Crippen LogP contribution in [-0.4, -0.2) is 5.91 Å². The van der Waals surface area contributed by atoms with E-state index in [4.69, 9.17) is 11.6 Å². The summed E-state index contributed by atoms with van der Waals surface area (Å²) in [5, 5.41) is 2.56. The summed E-state index contributed by atoms with van der Waals surface area (Å²) in [6.45, 7) is 1.56. The van der Waals surface area contributed by atoms with Crippen LogP contribution in [0.1, 0.15) is 15.9 Å². The molecule has 0 heterocycles. The summed E-state index contributed by atoms with van der Waals surface area (Å²) in [6, 6.07) is 8.10. The molecule has 2 aromatic carbocycles. The van der Waals surface area contributed by atoms with Crippen molar-refractivity contribution < 1.29 is 13.6 Å². The van der Waals surface area contributed by atoms with Gasteiger partial charge in [-0.25, -0.2) is 8.78 Å². The normalized spacial score (nSPS) is 10.3. The molecule has 0 radical (unpaired) electrons. The van der Waals surface area contributed by atoms with Crippen molar-refractivity contribution in [2.75, 3.05) is 5.32 Å². The van der Waals surface area contributed by atoms with Crippen LogP contribution in [-0.2, 0) is 0 Å². The predicted molar refractivity (Wildman–Crippen MR) is 70.5 cm³/mol. The van der Waals surface area contributed by atoms with E-state index in [-0.39, 0.29) is 16.3 Å². The topological polar surface area (TPSA) is 29.1 Å². The molecule has 5 heteroatoms. The van der Waals surface area contributed by atoms with Gasteiger partial charge in [-0.05, 0) is 36.8 Å². The van der Waals surface area contributed by atoms with Gasteiger partial charge in [0.05, 0.1) is 5.56 Å². The van der Waals surface area contributed by atoms with E-state index >= 15 is 0 Å². The number of hydrogen-bond acceptors (Lipinski definition) is 1. The molecule has 2 aromatic rings. The van der Waals surface area contributed by atoms with Gasteiger partial charge in [-0.3, -0.25) is 4.79 Å². The van der Waals surface area contributed by atoms with Gasteiger partial charge in [-0.1, -0.05) is 23.7 Å². The summed E-state index contributed by atoms with van der Waals surface area (Å²) in [5.41, 5.74) is 0.446. The van der Waals surface area contributed by atoms with Gasteiger partial charge in [0.1, 0.15) is 11.6 Å². The van der Waals surface area contributed by atoms with Gasteiger partial charge in [0.2, 0.25) is 0 Å². The van der Waals surface area contributed by atoms with Crippen LogP contribution < -0.4 is 5.32 Å². The van der Waals surface area contributed by atoms with Crippen LogP contribution in [0.4, 0.5) is 14.5 Å². The molecule has 0 atom stereocenters. The summed E-state index contributed by atoms with van der Waals surface area (Å²) in [5.74, 6) is -1.82. The fraction of sp³-hybridized carbons (Fsp3) is 0.0714. The Morgan fingerprint density at radius 1 is 1.21 bits per heavy atom. The predicted octanol–water partition coefficient (Wildman–Crippen LogP) is 4.18. The third-order valence-electron chi connectivity index (χ3n) is 2.56. The lowest BCUT2D eigenvalue weighted by Crippen LogP contribution is -2.14. The smallest absolute Gasteiger partial charge is 0.258 e. The minimum Gasteiger partial charge on any atom is -0.322 e. The van der Waals surface area contributed by atoms with Crippen LogP contribution in [0, 0.1) is 18.6 Å². The molecule has 0 aliphatic heterocycles. The molecular formula is C14H10ClF2NO. The molecule has 0 saturated carbocycles. The standard InChI is InChI=1S/C14H10ClF2NO/c1-8-3-2-4-12(13(8)17)14(19)18-11-6-9(15)5-10(16)7-11/h2-7H,1H3,(H,18,19). The Bertz CT molecular complexity index is 623. The fourth-order valence-electron chi connectivity index (χ4n) is 1.65. The zero-order valence-corrected chi connectivity index (χ0v) is 10.8. The largest absolute Gasteiger partial charge is 0.322 e. The van der Waals surface area contributed by atoms with E-state index in [0.717, 1.165) is 12.1 Å². The molecule has 19 heavy (non-hydrogen) atoms. The Morgan fingerprint density at radius 2 is 1.95 bits per heavy atom. The lowest BCUT2D eigenvalue weighted by molar-refractivity contribution is 0.102. The molecule has 1 N–H and O–H groups in total. The molecule has 2 nitrogen and oxygen atoms in total. The summed E-state index contributed by atoms with van der Waals surface area (Å²) in [7, 11) is 0. The van der Waals surface area contributed by atoms with Crippen molar-refractivity contribution in [1.82, 2.24) is 0 Å². The number of benzene rings is 2. The quantitative estimate of drug-likeness (QED) is 0.879. The molecule has 0 aliphatic rings. The highest BCUT2D eigenvalue weighted by Gasteiger charge is 2.13. The van der Waals surface area contributed by atoms with Gasteiger partial charge in [-0.2, -0.15) is 0 Å². The minimum atomic E-state index is -0.650. The fourth-order valence-corrected chi connectivity index (χ4v) is 1.87. The number of carbonyl (C=O) groups is 1. The second-order valence-corrected chi connectivity index (χ2v) is 4.49. The number of aryl methyl sites for hydroxylation is 1. The van der Waals surface area contributed by atoms with E-state index in [0.29, 0.717) is 5.56 Å². The number of rotatable bonds is 2. The monoisotopic (exact) mass is 281 g/mol. The molecule has 0 aliphatic carbocycles. The van der Waals surface area contributed by atoms with Crippen molar-refractivity contribution in [3.05, 3.63) is 64.2 Å². The number of anilines is 1. The number of halogens is 3. The Balaban J connectivity index is 2.28. The van der Waals surface area contributed by atoms with E-state index < -0.39 is 17.5 Å². The maximum atomic E-state index is 13.8. The van der Waals surface area contributed by atoms with Gasteiger partial charge in [-0.15, -0.1) is 0 Å². The number of nitrogens with one attached hydrogen (secondary N) is 1. The Labute approximate surface area is 114 Å². The molecule has 0 unspecified atom stereocenters. The zero-order valence-electron chi connectivity index (χ0n) is 10.0. The zero-order chi connectivity index (χ0) is 14.0. The molecule has 1 amide bonds. The first-order valence-electron chi connectivity index (χ1n) is 5.50. The van der Waals surface area contributed by atoms with Crippen LogP contribution in [0.25, 0.3) is 0 Å². The van der Waals surface area contributed by atoms with Crippen LogP contribution >= 0.6 is 11.6 Å². The molecule has 98 valence electrons. The third-order valence-corrected chi connectivity index (χ3v) is 2.78. The third kappa shape index (κ3) is 3.09. The van der Waals surface area contributed by atoms with Crippen molar-refractivity contribution in [2.24, 2.45) is 0 Å². The lowest BCUT2D eigenvalue weighted by Gasteiger charge is -2.08. The highest BCUT2D eigenvalue weighted by atomic mass is 35.5. The summed E-state index contributed by atoms with van der Waals surface area (Å²) < 4.78 is 26.9. The van der Waals surface area contributed by atoms with Gasteiger partial charge >= 0.3 is 0 Å². The number of hydrogen-bond donors (Lipinski definition) is 1. The summed E-state index contributed by atoms with van der Waals surface area (Å²) in [4.78, 5) is 11.9. The van der Waals surface area contributed by atoms with Crippen LogP contribution in [0.15, 0.2) is 36.4 Å². The van der Waals surface area contributed by atoms with Crippen molar-refractivity contribution in [2.45, 2.75) is 6.92 Å². The van der Waals surface area contributed by atoms with Crippen LogP contribution in [0.2, 0.25) is 5.02 Å². The molecule has 2 rings (SSSR count). The highest BCUT2D eigenvalue weighted by Crippen LogP contribution is 2.20. The average Bonchev–Trinajstić information content (AvgIpc) is 2.31. The molecule has 0 spiro atoms. The SMILES string of the molecule is Cc1cccc(C(=O)Nc2cc(F)cc(Cl)c2)c1F. The maximum Gasteiger partial charge on any atom is 0.258 e. The van der Waals surface area contributed by atoms with E-state index in [1.54, 1.807) is 19.1 Å². The van der Waals surface area contributed by atoms with Crippen LogP contribution in [0.3, 0.4) is 0 Å². The molecule has 0 saturated heterocycles. The Kier molecular flexibility index (Phi) is 3.81. The number of amides is 1. The van der Waals surface area contributed by atoms with E-state index in [1.165, 1.54) is 12.1 Å². The van der Waals surface area contributed by atoms with Gasteiger partial charge in [0.25, 0.3) is 5.91 Å². The second kappa shape index (κ2) is 5.36. The van der Waals surface area contributed by atoms with Gasteiger partial charge in [0.15, 0.2) is 0 Å².